The maximum Gasteiger partial charge on any atom is 0.148 e. The van der Waals surface area contributed by atoms with Crippen LogP contribution in [0.5, 0.6) is 0 Å². The Hall–Kier alpha value is -2.12. The van der Waals surface area contributed by atoms with Gasteiger partial charge in [0.05, 0.1) is 0 Å². The first kappa shape index (κ1) is 17.7. The monoisotopic (exact) mass is 344 g/mol. The maximum absolute atomic E-state index is 2.35. The van der Waals surface area contributed by atoms with Crippen molar-refractivity contribution in [3.05, 3.63) is 91.0 Å². The second kappa shape index (κ2) is 7.41. The van der Waals surface area contributed by atoms with Gasteiger partial charge in [0.25, 0.3) is 0 Å². The zero-order chi connectivity index (χ0) is 17.8. The van der Waals surface area contributed by atoms with E-state index in [9.17, 15) is 0 Å². The molecule has 0 spiro atoms. The molecule has 0 unspecified atom stereocenters. The third-order valence-corrected chi connectivity index (χ3v) is 10.0. The summed E-state index contributed by atoms with van der Waals surface area (Å²) in [5, 5.41) is 4.53. The summed E-state index contributed by atoms with van der Waals surface area (Å²) in [5.41, 5.74) is 0.330. The van der Waals surface area contributed by atoms with E-state index in [0.29, 0.717) is 5.41 Å². The molecule has 0 saturated carbocycles. The van der Waals surface area contributed by atoms with Gasteiger partial charge in [0, 0.05) is 0 Å². The average molecular weight is 345 g/mol. The van der Waals surface area contributed by atoms with Crippen LogP contribution in [0.2, 0.25) is 6.04 Å². The highest BCUT2D eigenvalue weighted by atomic mass is 28.3. The molecule has 0 aliphatic carbocycles. The van der Waals surface area contributed by atoms with E-state index in [2.05, 4.69) is 112 Å². The van der Waals surface area contributed by atoms with Crippen molar-refractivity contribution in [1.29, 1.82) is 0 Å². The van der Waals surface area contributed by atoms with E-state index in [4.69, 9.17) is 0 Å². The van der Waals surface area contributed by atoms with Crippen LogP contribution in [0, 0.1) is 5.41 Å². The molecule has 0 radical (unpaired) electrons. The van der Waals surface area contributed by atoms with Crippen LogP contribution < -0.4 is 15.6 Å². The van der Waals surface area contributed by atoms with Crippen LogP contribution in [-0.2, 0) is 0 Å². The first-order valence-corrected chi connectivity index (χ1v) is 11.4. The van der Waals surface area contributed by atoms with Crippen molar-refractivity contribution in [2.45, 2.75) is 33.2 Å². The van der Waals surface area contributed by atoms with Gasteiger partial charge >= 0.3 is 0 Å². The van der Waals surface area contributed by atoms with E-state index < -0.39 is 8.07 Å². The molecule has 0 atom stereocenters. The molecule has 25 heavy (non-hydrogen) atoms. The van der Waals surface area contributed by atoms with Gasteiger partial charge in [0.2, 0.25) is 0 Å². The molecule has 0 fully saturated rings. The summed E-state index contributed by atoms with van der Waals surface area (Å²) >= 11 is 0. The van der Waals surface area contributed by atoms with Gasteiger partial charge in [-0.15, -0.1) is 0 Å². The van der Waals surface area contributed by atoms with E-state index in [1.165, 1.54) is 28.0 Å². The molecule has 0 heterocycles. The van der Waals surface area contributed by atoms with Crippen LogP contribution in [0.4, 0.5) is 0 Å². The Kier molecular flexibility index (Phi) is 5.24. The fraction of sp³-hybridized carbons (Fsp3) is 0.250. The minimum Gasteiger partial charge on any atom is -0.0624 e. The van der Waals surface area contributed by atoms with E-state index >= 15 is 0 Å². The largest absolute Gasteiger partial charge is 0.148 e. The average Bonchev–Trinajstić information content (AvgIpc) is 2.64. The summed E-state index contributed by atoms with van der Waals surface area (Å²) in [6.45, 7) is 7.06. The second-order valence-corrected chi connectivity index (χ2v) is 12.1. The van der Waals surface area contributed by atoms with E-state index in [1.807, 2.05) is 0 Å². The first-order chi connectivity index (χ1) is 12.0. The highest BCUT2D eigenvalue weighted by Gasteiger charge is 2.39. The Balaban J connectivity index is 2.24. The van der Waals surface area contributed by atoms with Crippen molar-refractivity contribution < 1.29 is 0 Å². The number of hydrogen-bond donors (Lipinski definition) is 0. The molecule has 1 heteroatoms. The van der Waals surface area contributed by atoms with Crippen molar-refractivity contribution in [2.75, 3.05) is 0 Å². The van der Waals surface area contributed by atoms with Crippen LogP contribution in [-0.4, -0.2) is 8.07 Å². The molecule has 0 nitrogen and oxygen atoms in total. The van der Waals surface area contributed by atoms with E-state index in [0.717, 1.165) is 0 Å². The van der Waals surface area contributed by atoms with Crippen molar-refractivity contribution in [3.8, 4) is 0 Å². The Morgan fingerprint density at radius 3 is 1.16 bits per heavy atom. The molecule has 0 aromatic heterocycles. The lowest BCUT2D eigenvalue weighted by Crippen LogP contribution is -2.67. The molecule has 3 aromatic carbocycles. The topological polar surface area (TPSA) is 0 Å². The fourth-order valence-electron chi connectivity index (χ4n) is 3.66. The van der Waals surface area contributed by atoms with E-state index in [-0.39, 0.29) is 0 Å². The SMILES string of the molecule is CC(C)(C)CC[Si](c1ccccc1)(c1ccccc1)c1ccccc1. The summed E-state index contributed by atoms with van der Waals surface area (Å²) in [6, 6.07) is 34.8. The minimum atomic E-state index is -2.03. The number of rotatable bonds is 5. The van der Waals surface area contributed by atoms with Crippen molar-refractivity contribution >= 4 is 23.6 Å². The predicted molar refractivity (Wildman–Crippen MR) is 113 cm³/mol. The lowest BCUT2D eigenvalue weighted by atomic mass is 9.94. The van der Waals surface area contributed by atoms with Crippen LogP contribution in [0.15, 0.2) is 91.0 Å². The number of benzene rings is 3. The van der Waals surface area contributed by atoms with E-state index in [1.54, 1.807) is 0 Å². The van der Waals surface area contributed by atoms with Gasteiger partial charge in [0.1, 0.15) is 8.07 Å². The lowest BCUT2D eigenvalue weighted by Gasteiger charge is -2.36. The standard InChI is InChI=1S/C24H28Si/c1-24(2,3)19-20-25(21-13-7-4-8-14-21,22-15-9-5-10-16-22)23-17-11-6-12-18-23/h4-18H,19-20H2,1-3H3. The summed E-state index contributed by atoms with van der Waals surface area (Å²) < 4.78 is 0. The Labute approximate surface area is 153 Å². The van der Waals surface area contributed by atoms with Crippen molar-refractivity contribution in [2.24, 2.45) is 5.41 Å². The predicted octanol–water partition coefficient (Wildman–Crippen LogP) is 4.59. The Morgan fingerprint density at radius 1 is 0.560 bits per heavy atom. The lowest BCUT2D eigenvalue weighted by molar-refractivity contribution is 0.396. The smallest absolute Gasteiger partial charge is 0.0624 e. The molecule has 0 saturated heterocycles. The van der Waals surface area contributed by atoms with Crippen molar-refractivity contribution in [1.82, 2.24) is 0 Å². The Morgan fingerprint density at radius 2 is 0.880 bits per heavy atom. The summed E-state index contributed by atoms with van der Waals surface area (Å²) in [5.74, 6) is 0. The highest BCUT2D eigenvalue weighted by Crippen LogP contribution is 2.26. The normalized spacial score (nSPS) is 12.1. The van der Waals surface area contributed by atoms with Gasteiger partial charge in [-0.05, 0) is 33.4 Å². The molecule has 0 aliphatic rings. The fourth-order valence-corrected chi connectivity index (χ4v) is 8.94. The third kappa shape index (κ3) is 3.93. The molecule has 0 N–H and O–H groups in total. The van der Waals surface area contributed by atoms with Crippen LogP contribution >= 0.6 is 0 Å². The second-order valence-electron chi connectivity index (χ2n) is 8.06. The molecular formula is C24H28Si. The first-order valence-electron chi connectivity index (χ1n) is 9.19. The highest BCUT2D eigenvalue weighted by molar-refractivity contribution is 7.11. The Bertz CT molecular complexity index is 674. The molecule has 0 aliphatic heterocycles. The van der Waals surface area contributed by atoms with Gasteiger partial charge in [-0.25, -0.2) is 0 Å². The molecule has 0 amide bonds. The molecule has 3 aromatic rings. The van der Waals surface area contributed by atoms with Crippen molar-refractivity contribution in [3.63, 3.8) is 0 Å². The molecule has 0 bridgehead atoms. The van der Waals surface area contributed by atoms with Gasteiger partial charge in [-0.1, -0.05) is 112 Å². The zero-order valence-electron chi connectivity index (χ0n) is 15.6. The third-order valence-electron chi connectivity index (χ3n) is 5.05. The summed E-state index contributed by atoms with van der Waals surface area (Å²) in [7, 11) is -2.03. The van der Waals surface area contributed by atoms with Gasteiger partial charge < -0.3 is 0 Å². The van der Waals surface area contributed by atoms with Gasteiger partial charge in [0.15, 0.2) is 0 Å². The zero-order valence-corrected chi connectivity index (χ0v) is 16.6. The van der Waals surface area contributed by atoms with Gasteiger partial charge in [-0.3, -0.25) is 0 Å². The maximum atomic E-state index is 2.35. The van der Waals surface area contributed by atoms with Crippen LogP contribution in [0.1, 0.15) is 27.2 Å². The molecule has 3 rings (SSSR count). The molecule has 128 valence electrons. The summed E-state index contributed by atoms with van der Waals surface area (Å²) in [4.78, 5) is 0. The van der Waals surface area contributed by atoms with Crippen LogP contribution in [0.25, 0.3) is 0 Å². The summed E-state index contributed by atoms with van der Waals surface area (Å²) in [6.07, 6.45) is 1.22. The number of hydrogen-bond acceptors (Lipinski definition) is 0. The van der Waals surface area contributed by atoms with Gasteiger partial charge in [-0.2, -0.15) is 0 Å². The minimum absolute atomic E-state index is 0.330. The quantitative estimate of drug-likeness (QED) is 0.469. The molecular weight excluding hydrogens is 316 g/mol. The van der Waals surface area contributed by atoms with Crippen LogP contribution in [0.3, 0.4) is 0 Å².